The molecular weight excluding hydrogens is 162 g/mol. The van der Waals surface area contributed by atoms with Crippen molar-refractivity contribution in [2.24, 2.45) is 5.73 Å². The summed E-state index contributed by atoms with van der Waals surface area (Å²) in [6.45, 7) is -0.135. The molecule has 4 heteroatoms. The topological polar surface area (TPSA) is 66.5 Å². The highest BCUT2D eigenvalue weighted by Crippen LogP contribution is 2.50. The molecule has 1 saturated carbocycles. The molecule has 0 saturated heterocycles. The van der Waals surface area contributed by atoms with E-state index in [0.717, 1.165) is 12.8 Å². The van der Waals surface area contributed by atoms with E-state index in [0.29, 0.717) is 0 Å². The molecule has 0 spiro atoms. The van der Waals surface area contributed by atoms with Gasteiger partial charge in [0.15, 0.2) is 0 Å². The molecule has 3 nitrogen and oxygen atoms in total. The van der Waals surface area contributed by atoms with Crippen LogP contribution in [0.3, 0.4) is 0 Å². The SMILES string of the molecule is CSC1(C(O)C(N)CO)CC1. The van der Waals surface area contributed by atoms with Crippen LogP contribution in [0.4, 0.5) is 0 Å². The zero-order chi connectivity index (χ0) is 8.48. The predicted molar refractivity (Wildman–Crippen MR) is 46.5 cm³/mol. The van der Waals surface area contributed by atoms with Gasteiger partial charge in [0, 0.05) is 4.75 Å². The summed E-state index contributed by atoms with van der Waals surface area (Å²) in [7, 11) is 0. The third-order valence-electron chi connectivity index (χ3n) is 2.30. The average Bonchev–Trinajstić information content (AvgIpc) is 2.82. The van der Waals surface area contributed by atoms with Gasteiger partial charge in [0.2, 0.25) is 0 Å². The van der Waals surface area contributed by atoms with Crippen LogP contribution in [-0.2, 0) is 0 Å². The van der Waals surface area contributed by atoms with Crippen LogP contribution in [0.5, 0.6) is 0 Å². The fraction of sp³-hybridized carbons (Fsp3) is 1.00. The molecule has 0 aliphatic heterocycles. The highest BCUT2D eigenvalue weighted by atomic mass is 32.2. The second-order valence-corrected chi connectivity index (χ2v) is 4.28. The van der Waals surface area contributed by atoms with E-state index in [1.165, 1.54) is 0 Å². The van der Waals surface area contributed by atoms with Crippen molar-refractivity contribution in [2.75, 3.05) is 12.9 Å². The molecule has 1 rings (SSSR count). The van der Waals surface area contributed by atoms with E-state index in [9.17, 15) is 5.11 Å². The van der Waals surface area contributed by atoms with Crippen LogP contribution in [0, 0.1) is 0 Å². The number of hydrogen-bond acceptors (Lipinski definition) is 4. The number of nitrogens with two attached hydrogens (primary N) is 1. The Kier molecular flexibility index (Phi) is 2.80. The Morgan fingerprint density at radius 2 is 2.18 bits per heavy atom. The standard InChI is InChI=1S/C7H15NO2S/c1-11-7(2-3-7)6(10)5(8)4-9/h5-6,9-10H,2-4,8H2,1H3. The molecule has 1 aliphatic carbocycles. The lowest BCUT2D eigenvalue weighted by atomic mass is 10.1. The molecule has 1 aliphatic rings. The fourth-order valence-electron chi connectivity index (χ4n) is 1.23. The molecule has 66 valence electrons. The van der Waals surface area contributed by atoms with Crippen LogP contribution in [0.1, 0.15) is 12.8 Å². The van der Waals surface area contributed by atoms with E-state index >= 15 is 0 Å². The quantitative estimate of drug-likeness (QED) is 0.545. The van der Waals surface area contributed by atoms with Crippen molar-refractivity contribution in [2.45, 2.75) is 29.7 Å². The normalized spacial score (nSPS) is 26.2. The predicted octanol–water partition coefficient (Wildman–Crippen LogP) is -0.438. The first-order chi connectivity index (χ1) is 5.16. The van der Waals surface area contributed by atoms with Gasteiger partial charge in [-0.2, -0.15) is 11.8 Å². The van der Waals surface area contributed by atoms with Crippen LogP contribution < -0.4 is 5.73 Å². The zero-order valence-corrected chi connectivity index (χ0v) is 7.47. The zero-order valence-electron chi connectivity index (χ0n) is 6.66. The molecule has 4 N–H and O–H groups in total. The van der Waals surface area contributed by atoms with Gasteiger partial charge >= 0.3 is 0 Å². The highest BCUT2D eigenvalue weighted by Gasteiger charge is 2.50. The van der Waals surface area contributed by atoms with Gasteiger partial charge in [-0.05, 0) is 19.1 Å². The first-order valence-corrected chi connectivity index (χ1v) is 4.98. The molecule has 0 bridgehead atoms. The Bertz CT molecular complexity index is 138. The Balaban J connectivity index is 2.46. The minimum absolute atomic E-state index is 0.0395. The summed E-state index contributed by atoms with van der Waals surface area (Å²) in [4.78, 5) is 0. The van der Waals surface area contributed by atoms with Crippen molar-refractivity contribution in [1.82, 2.24) is 0 Å². The summed E-state index contributed by atoms with van der Waals surface area (Å²) in [5.41, 5.74) is 5.50. The van der Waals surface area contributed by atoms with E-state index in [-0.39, 0.29) is 11.4 Å². The van der Waals surface area contributed by atoms with Gasteiger partial charge in [-0.3, -0.25) is 0 Å². The monoisotopic (exact) mass is 177 g/mol. The largest absolute Gasteiger partial charge is 0.395 e. The maximum atomic E-state index is 9.60. The molecule has 0 aromatic rings. The molecule has 0 radical (unpaired) electrons. The summed E-state index contributed by atoms with van der Waals surface area (Å²) >= 11 is 1.65. The summed E-state index contributed by atoms with van der Waals surface area (Å²) < 4.78 is -0.0395. The molecular formula is C7H15NO2S. The minimum atomic E-state index is -0.553. The lowest BCUT2D eigenvalue weighted by molar-refractivity contribution is 0.101. The van der Waals surface area contributed by atoms with Crippen molar-refractivity contribution in [3.8, 4) is 0 Å². The van der Waals surface area contributed by atoms with E-state index in [4.69, 9.17) is 10.8 Å². The molecule has 2 atom stereocenters. The highest BCUT2D eigenvalue weighted by molar-refractivity contribution is 8.00. The van der Waals surface area contributed by atoms with Crippen LogP contribution in [0.25, 0.3) is 0 Å². The van der Waals surface area contributed by atoms with Gasteiger partial charge < -0.3 is 15.9 Å². The van der Waals surface area contributed by atoms with Crippen molar-refractivity contribution in [1.29, 1.82) is 0 Å². The van der Waals surface area contributed by atoms with Crippen molar-refractivity contribution < 1.29 is 10.2 Å². The maximum absolute atomic E-state index is 9.60. The van der Waals surface area contributed by atoms with E-state index in [2.05, 4.69) is 0 Å². The molecule has 11 heavy (non-hydrogen) atoms. The number of aliphatic hydroxyl groups excluding tert-OH is 2. The lowest BCUT2D eigenvalue weighted by Gasteiger charge is -2.24. The van der Waals surface area contributed by atoms with E-state index < -0.39 is 12.1 Å². The molecule has 0 amide bonds. The number of rotatable bonds is 4. The third-order valence-corrected chi connectivity index (χ3v) is 3.77. The van der Waals surface area contributed by atoms with Crippen LogP contribution in [0.15, 0.2) is 0 Å². The smallest absolute Gasteiger partial charge is 0.0859 e. The second-order valence-electron chi connectivity index (χ2n) is 3.06. The Labute approximate surface area is 71.0 Å². The van der Waals surface area contributed by atoms with E-state index in [1.807, 2.05) is 6.26 Å². The van der Waals surface area contributed by atoms with Gasteiger partial charge in [0.1, 0.15) is 0 Å². The van der Waals surface area contributed by atoms with Crippen molar-refractivity contribution in [3.05, 3.63) is 0 Å². The van der Waals surface area contributed by atoms with Crippen molar-refractivity contribution >= 4 is 11.8 Å². The fourth-order valence-corrected chi connectivity index (χ4v) is 2.16. The third kappa shape index (κ3) is 1.69. The lowest BCUT2D eigenvalue weighted by Crippen LogP contribution is -2.45. The first kappa shape index (κ1) is 9.32. The summed E-state index contributed by atoms with van der Waals surface area (Å²) in [5.74, 6) is 0. The average molecular weight is 177 g/mol. The minimum Gasteiger partial charge on any atom is -0.395 e. The number of thioether (sulfide) groups is 1. The number of aliphatic hydroxyl groups is 2. The Hall–Kier alpha value is 0.230. The summed E-state index contributed by atoms with van der Waals surface area (Å²) in [6, 6.07) is -0.482. The molecule has 1 fully saturated rings. The van der Waals surface area contributed by atoms with E-state index in [1.54, 1.807) is 11.8 Å². The van der Waals surface area contributed by atoms with Crippen LogP contribution in [0.2, 0.25) is 0 Å². The molecule has 0 aromatic carbocycles. The second kappa shape index (κ2) is 3.31. The Morgan fingerprint density at radius 3 is 2.45 bits per heavy atom. The molecule has 0 aromatic heterocycles. The van der Waals surface area contributed by atoms with Crippen LogP contribution in [-0.4, -0.2) is 40.0 Å². The first-order valence-electron chi connectivity index (χ1n) is 3.76. The van der Waals surface area contributed by atoms with Gasteiger partial charge in [-0.25, -0.2) is 0 Å². The number of hydrogen-bond donors (Lipinski definition) is 3. The summed E-state index contributed by atoms with van der Waals surface area (Å²) in [6.07, 6.45) is 3.45. The van der Waals surface area contributed by atoms with Gasteiger partial charge in [0.25, 0.3) is 0 Å². The molecule has 0 heterocycles. The van der Waals surface area contributed by atoms with Gasteiger partial charge in [-0.15, -0.1) is 0 Å². The molecule has 2 unspecified atom stereocenters. The maximum Gasteiger partial charge on any atom is 0.0859 e. The van der Waals surface area contributed by atoms with Gasteiger partial charge in [-0.1, -0.05) is 0 Å². The summed E-state index contributed by atoms with van der Waals surface area (Å²) in [5, 5.41) is 18.3. The van der Waals surface area contributed by atoms with Crippen LogP contribution >= 0.6 is 11.8 Å². The van der Waals surface area contributed by atoms with Crippen molar-refractivity contribution in [3.63, 3.8) is 0 Å². The Morgan fingerprint density at radius 1 is 1.64 bits per heavy atom. The van der Waals surface area contributed by atoms with Gasteiger partial charge in [0.05, 0.1) is 18.8 Å².